The average molecular weight is 270 g/mol. The lowest BCUT2D eigenvalue weighted by Crippen LogP contribution is -2.45. The zero-order chi connectivity index (χ0) is 14.3. The standard InChI is InChI=1S/C15H30N2O2/c1-4-13(7-8-15(16,5-2)6-3)14(18)17-9-11-19-12-10-17/h13H,4-12,16H2,1-3H3. The third kappa shape index (κ3) is 4.77. The van der Waals surface area contributed by atoms with Crippen molar-refractivity contribution < 1.29 is 9.53 Å². The second-order valence-corrected chi connectivity index (χ2v) is 5.65. The molecule has 1 amide bonds. The highest BCUT2D eigenvalue weighted by Gasteiger charge is 2.27. The predicted octanol–water partition coefficient (Wildman–Crippen LogP) is 2.17. The van der Waals surface area contributed by atoms with E-state index in [0.29, 0.717) is 19.1 Å². The number of rotatable bonds is 7. The van der Waals surface area contributed by atoms with E-state index in [9.17, 15) is 4.79 Å². The first-order valence-electron chi connectivity index (χ1n) is 7.71. The van der Waals surface area contributed by atoms with E-state index in [-0.39, 0.29) is 11.5 Å². The van der Waals surface area contributed by atoms with Gasteiger partial charge in [-0.3, -0.25) is 4.79 Å². The van der Waals surface area contributed by atoms with Crippen LogP contribution in [0.4, 0.5) is 0 Å². The van der Waals surface area contributed by atoms with E-state index in [1.54, 1.807) is 0 Å². The number of carbonyl (C=O) groups excluding carboxylic acids is 1. The van der Waals surface area contributed by atoms with Gasteiger partial charge in [0, 0.05) is 24.5 Å². The summed E-state index contributed by atoms with van der Waals surface area (Å²) in [7, 11) is 0. The Balaban J connectivity index is 2.50. The minimum atomic E-state index is -0.0985. The number of amides is 1. The van der Waals surface area contributed by atoms with Crippen molar-refractivity contribution >= 4 is 5.91 Å². The van der Waals surface area contributed by atoms with Gasteiger partial charge < -0.3 is 15.4 Å². The summed E-state index contributed by atoms with van der Waals surface area (Å²) < 4.78 is 5.30. The molecule has 2 N–H and O–H groups in total. The first-order valence-corrected chi connectivity index (χ1v) is 7.71. The fraction of sp³-hybridized carbons (Fsp3) is 0.933. The van der Waals surface area contributed by atoms with Crippen molar-refractivity contribution in [3.63, 3.8) is 0 Å². The van der Waals surface area contributed by atoms with Gasteiger partial charge >= 0.3 is 0 Å². The highest BCUT2D eigenvalue weighted by Crippen LogP contribution is 2.24. The van der Waals surface area contributed by atoms with Crippen LogP contribution in [0.3, 0.4) is 0 Å². The second-order valence-electron chi connectivity index (χ2n) is 5.65. The molecule has 1 atom stereocenters. The first-order chi connectivity index (χ1) is 9.06. The third-order valence-electron chi connectivity index (χ3n) is 4.56. The topological polar surface area (TPSA) is 55.6 Å². The summed E-state index contributed by atoms with van der Waals surface area (Å²) in [5.41, 5.74) is 6.23. The fourth-order valence-corrected chi connectivity index (χ4v) is 2.61. The van der Waals surface area contributed by atoms with Crippen molar-refractivity contribution in [2.45, 2.75) is 58.4 Å². The van der Waals surface area contributed by atoms with E-state index in [0.717, 1.165) is 45.2 Å². The van der Waals surface area contributed by atoms with Gasteiger partial charge in [-0.25, -0.2) is 0 Å². The average Bonchev–Trinajstić information content (AvgIpc) is 2.48. The largest absolute Gasteiger partial charge is 0.378 e. The molecular weight excluding hydrogens is 240 g/mol. The molecule has 0 radical (unpaired) electrons. The third-order valence-corrected chi connectivity index (χ3v) is 4.56. The van der Waals surface area contributed by atoms with Gasteiger partial charge in [-0.05, 0) is 32.1 Å². The Morgan fingerprint density at radius 3 is 2.32 bits per heavy atom. The van der Waals surface area contributed by atoms with Crippen molar-refractivity contribution in [1.29, 1.82) is 0 Å². The van der Waals surface area contributed by atoms with Crippen molar-refractivity contribution in [3.8, 4) is 0 Å². The zero-order valence-corrected chi connectivity index (χ0v) is 12.8. The summed E-state index contributed by atoms with van der Waals surface area (Å²) in [4.78, 5) is 14.4. The molecule has 19 heavy (non-hydrogen) atoms. The van der Waals surface area contributed by atoms with Gasteiger partial charge in [0.1, 0.15) is 0 Å². The molecule has 4 nitrogen and oxygen atoms in total. The van der Waals surface area contributed by atoms with Crippen LogP contribution in [-0.4, -0.2) is 42.6 Å². The Kier molecular flexibility index (Phi) is 6.80. The van der Waals surface area contributed by atoms with Crippen LogP contribution in [-0.2, 0) is 9.53 Å². The molecule has 112 valence electrons. The van der Waals surface area contributed by atoms with Gasteiger partial charge in [0.15, 0.2) is 0 Å². The number of hydrogen-bond acceptors (Lipinski definition) is 3. The molecule has 1 heterocycles. The molecular formula is C15H30N2O2. The second kappa shape index (κ2) is 7.85. The van der Waals surface area contributed by atoms with Crippen LogP contribution in [0.2, 0.25) is 0 Å². The Labute approximate surface area is 117 Å². The highest BCUT2D eigenvalue weighted by molar-refractivity contribution is 5.78. The molecule has 0 aromatic carbocycles. The summed E-state index contributed by atoms with van der Waals surface area (Å²) in [6.07, 6.45) is 4.70. The number of hydrogen-bond donors (Lipinski definition) is 1. The van der Waals surface area contributed by atoms with Crippen LogP contribution in [0.15, 0.2) is 0 Å². The van der Waals surface area contributed by atoms with Crippen LogP contribution < -0.4 is 5.73 Å². The van der Waals surface area contributed by atoms with Gasteiger partial charge in [-0.1, -0.05) is 20.8 Å². The lowest BCUT2D eigenvalue weighted by Gasteiger charge is -2.32. The Bertz CT molecular complexity index is 271. The van der Waals surface area contributed by atoms with Gasteiger partial charge in [0.05, 0.1) is 13.2 Å². The van der Waals surface area contributed by atoms with Crippen molar-refractivity contribution in [2.75, 3.05) is 26.3 Å². The molecule has 0 spiro atoms. The lowest BCUT2D eigenvalue weighted by atomic mass is 9.84. The fourth-order valence-electron chi connectivity index (χ4n) is 2.61. The lowest BCUT2D eigenvalue weighted by molar-refractivity contribution is -0.140. The van der Waals surface area contributed by atoms with Crippen LogP contribution >= 0.6 is 0 Å². The van der Waals surface area contributed by atoms with E-state index in [2.05, 4.69) is 20.8 Å². The number of morpholine rings is 1. The molecule has 0 saturated carbocycles. The van der Waals surface area contributed by atoms with Gasteiger partial charge in [0.2, 0.25) is 5.91 Å². The minimum Gasteiger partial charge on any atom is -0.378 e. The van der Waals surface area contributed by atoms with Crippen LogP contribution in [0, 0.1) is 5.92 Å². The van der Waals surface area contributed by atoms with Gasteiger partial charge in [0.25, 0.3) is 0 Å². The van der Waals surface area contributed by atoms with E-state index < -0.39 is 0 Å². The van der Waals surface area contributed by atoms with E-state index in [1.807, 2.05) is 4.90 Å². The van der Waals surface area contributed by atoms with Crippen LogP contribution in [0.25, 0.3) is 0 Å². The zero-order valence-electron chi connectivity index (χ0n) is 12.8. The maximum Gasteiger partial charge on any atom is 0.225 e. The SMILES string of the molecule is CCC(CCC(N)(CC)CC)C(=O)N1CCOCC1. The molecule has 4 heteroatoms. The summed E-state index contributed by atoms with van der Waals surface area (Å²) in [6, 6.07) is 0. The summed E-state index contributed by atoms with van der Waals surface area (Å²) in [6.45, 7) is 9.19. The van der Waals surface area contributed by atoms with Crippen molar-refractivity contribution in [1.82, 2.24) is 4.90 Å². The summed E-state index contributed by atoms with van der Waals surface area (Å²) in [5.74, 6) is 0.416. The number of nitrogens with zero attached hydrogens (tertiary/aromatic N) is 1. The van der Waals surface area contributed by atoms with Crippen molar-refractivity contribution in [2.24, 2.45) is 11.7 Å². The smallest absolute Gasteiger partial charge is 0.225 e. The normalized spacial score (nSPS) is 18.4. The Morgan fingerprint density at radius 2 is 1.84 bits per heavy atom. The number of carbonyl (C=O) groups is 1. The predicted molar refractivity (Wildman–Crippen MR) is 77.9 cm³/mol. The molecule has 1 rings (SSSR count). The first kappa shape index (κ1) is 16.4. The van der Waals surface area contributed by atoms with Gasteiger partial charge in [-0.2, -0.15) is 0 Å². The number of nitrogens with two attached hydrogens (primary N) is 1. The highest BCUT2D eigenvalue weighted by atomic mass is 16.5. The molecule has 0 aromatic heterocycles. The van der Waals surface area contributed by atoms with E-state index >= 15 is 0 Å². The molecule has 1 saturated heterocycles. The molecule has 0 bridgehead atoms. The molecule has 1 aliphatic heterocycles. The van der Waals surface area contributed by atoms with E-state index in [4.69, 9.17) is 10.5 Å². The van der Waals surface area contributed by atoms with Crippen molar-refractivity contribution in [3.05, 3.63) is 0 Å². The molecule has 1 aliphatic rings. The minimum absolute atomic E-state index is 0.0985. The summed E-state index contributed by atoms with van der Waals surface area (Å²) >= 11 is 0. The Morgan fingerprint density at radius 1 is 1.26 bits per heavy atom. The molecule has 1 fully saturated rings. The quantitative estimate of drug-likeness (QED) is 0.771. The van der Waals surface area contributed by atoms with E-state index in [1.165, 1.54) is 0 Å². The molecule has 0 aromatic rings. The monoisotopic (exact) mass is 270 g/mol. The Hall–Kier alpha value is -0.610. The van der Waals surface area contributed by atoms with Crippen LogP contribution in [0.1, 0.15) is 52.9 Å². The maximum absolute atomic E-state index is 12.5. The molecule has 1 unspecified atom stereocenters. The number of ether oxygens (including phenoxy) is 1. The molecule has 0 aliphatic carbocycles. The van der Waals surface area contributed by atoms with Crippen LogP contribution in [0.5, 0.6) is 0 Å². The summed E-state index contributed by atoms with van der Waals surface area (Å²) in [5, 5.41) is 0. The van der Waals surface area contributed by atoms with Gasteiger partial charge in [-0.15, -0.1) is 0 Å². The maximum atomic E-state index is 12.5.